The number of likely N-dealkylation sites (N-methyl/N-ethyl adjacent to an activating group) is 1. The predicted molar refractivity (Wildman–Crippen MR) is 126 cm³/mol. The molecule has 0 aliphatic carbocycles. The average molecular weight is 416 g/mol. The van der Waals surface area contributed by atoms with Crippen LogP contribution in [-0.2, 0) is 0 Å². The van der Waals surface area contributed by atoms with Crippen molar-refractivity contribution in [1.82, 2.24) is 14.8 Å². The summed E-state index contributed by atoms with van der Waals surface area (Å²) in [5.74, 6) is 0. The minimum atomic E-state index is 0.169. The molecule has 1 fully saturated rings. The highest BCUT2D eigenvalue weighted by atomic mass is 35.5. The van der Waals surface area contributed by atoms with Gasteiger partial charge in [0.25, 0.3) is 0 Å². The second-order valence-electron chi connectivity index (χ2n) is 8.12. The lowest BCUT2D eigenvalue weighted by Crippen LogP contribution is -2.46. The first-order valence-corrected chi connectivity index (χ1v) is 10.9. The average Bonchev–Trinajstić information content (AvgIpc) is 3.17. The molecule has 0 spiro atoms. The molecule has 1 unspecified atom stereocenters. The van der Waals surface area contributed by atoms with E-state index in [-0.39, 0.29) is 6.04 Å². The zero-order valence-corrected chi connectivity index (χ0v) is 17.9. The summed E-state index contributed by atoms with van der Waals surface area (Å²) in [6.45, 7) is 4.23. The fourth-order valence-electron chi connectivity index (χ4n) is 4.57. The van der Waals surface area contributed by atoms with E-state index in [9.17, 15) is 0 Å². The minimum absolute atomic E-state index is 0.169. The van der Waals surface area contributed by atoms with Crippen molar-refractivity contribution in [1.29, 1.82) is 0 Å². The molecule has 1 N–H and O–H groups in total. The molecule has 1 saturated heterocycles. The number of piperazine rings is 1. The Bertz CT molecular complexity index is 1130. The predicted octanol–water partition coefficient (Wildman–Crippen LogP) is 5.83. The summed E-state index contributed by atoms with van der Waals surface area (Å²) in [5.41, 5.74) is 6.24. The fourth-order valence-corrected chi connectivity index (χ4v) is 4.69. The molecule has 4 heteroatoms. The van der Waals surface area contributed by atoms with Crippen molar-refractivity contribution < 1.29 is 0 Å². The summed E-state index contributed by atoms with van der Waals surface area (Å²) < 4.78 is 0. The van der Waals surface area contributed by atoms with Gasteiger partial charge in [0.1, 0.15) is 0 Å². The Morgan fingerprint density at radius 2 is 1.47 bits per heavy atom. The number of para-hydroxylation sites is 1. The van der Waals surface area contributed by atoms with Gasteiger partial charge < -0.3 is 9.88 Å². The van der Waals surface area contributed by atoms with E-state index in [1.54, 1.807) is 0 Å². The van der Waals surface area contributed by atoms with Gasteiger partial charge in [0.15, 0.2) is 0 Å². The molecular weight excluding hydrogens is 390 g/mol. The van der Waals surface area contributed by atoms with Crippen LogP contribution < -0.4 is 0 Å². The van der Waals surface area contributed by atoms with E-state index in [1.165, 1.54) is 33.3 Å². The minimum Gasteiger partial charge on any atom is -0.354 e. The van der Waals surface area contributed by atoms with Crippen LogP contribution >= 0.6 is 11.6 Å². The number of rotatable bonds is 4. The second kappa shape index (κ2) is 8.27. The summed E-state index contributed by atoms with van der Waals surface area (Å²) in [6.07, 6.45) is 0. The standard InChI is InChI=1S/C26H26ClN3/c1-29-15-17-30(18-16-29)26(20-11-13-21(27)14-12-20)24-22-9-5-6-10-23(22)28-25(24)19-7-3-2-4-8-19/h2-14,26,28H,15-18H2,1H3. The number of fused-ring (bicyclic) bond motifs is 1. The molecule has 1 atom stereocenters. The van der Waals surface area contributed by atoms with Crippen LogP contribution in [0.25, 0.3) is 22.2 Å². The first kappa shape index (κ1) is 19.4. The molecule has 0 saturated carbocycles. The Morgan fingerprint density at radius 1 is 0.800 bits per heavy atom. The van der Waals surface area contributed by atoms with Gasteiger partial charge in [0.05, 0.1) is 11.7 Å². The molecule has 2 heterocycles. The van der Waals surface area contributed by atoms with Gasteiger partial charge in [-0.2, -0.15) is 0 Å². The van der Waals surface area contributed by atoms with Crippen LogP contribution in [0.2, 0.25) is 5.02 Å². The van der Waals surface area contributed by atoms with Crippen molar-refractivity contribution in [3.8, 4) is 11.3 Å². The van der Waals surface area contributed by atoms with Gasteiger partial charge in [-0.1, -0.05) is 72.3 Å². The van der Waals surface area contributed by atoms with Crippen LogP contribution in [0.5, 0.6) is 0 Å². The van der Waals surface area contributed by atoms with Gasteiger partial charge in [-0.25, -0.2) is 0 Å². The van der Waals surface area contributed by atoms with Crippen molar-refractivity contribution in [2.75, 3.05) is 33.2 Å². The Morgan fingerprint density at radius 3 is 2.20 bits per heavy atom. The van der Waals surface area contributed by atoms with E-state index in [1.807, 2.05) is 12.1 Å². The van der Waals surface area contributed by atoms with E-state index in [4.69, 9.17) is 11.6 Å². The quantitative estimate of drug-likeness (QED) is 0.453. The zero-order chi connectivity index (χ0) is 20.5. The third-order valence-electron chi connectivity index (χ3n) is 6.17. The van der Waals surface area contributed by atoms with Gasteiger partial charge in [0.2, 0.25) is 0 Å². The first-order valence-electron chi connectivity index (χ1n) is 10.5. The van der Waals surface area contributed by atoms with Crippen molar-refractivity contribution in [3.63, 3.8) is 0 Å². The molecule has 0 amide bonds. The van der Waals surface area contributed by atoms with Crippen molar-refractivity contribution in [2.45, 2.75) is 6.04 Å². The normalized spacial score (nSPS) is 16.7. The maximum Gasteiger partial charge on any atom is 0.0630 e. The molecule has 1 aliphatic rings. The van der Waals surface area contributed by atoms with Gasteiger partial charge in [-0.15, -0.1) is 0 Å². The van der Waals surface area contributed by atoms with Crippen LogP contribution in [0.1, 0.15) is 17.2 Å². The lowest BCUT2D eigenvalue weighted by atomic mass is 9.92. The van der Waals surface area contributed by atoms with Gasteiger partial charge in [-0.3, -0.25) is 4.90 Å². The topological polar surface area (TPSA) is 22.3 Å². The number of nitrogens with one attached hydrogen (secondary N) is 1. The van der Waals surface area contributed by atoms with Crippen LogP contribution in [0.4, 0.5) is 0 Å². The summed E-state index contributed by atoms with van der Waals surface area (Å²) in [6, 6.07) is 27.9. The summed E-state index contributed by atoms with van der Waals surface area (Å²) in [4.78, 5) is 8.75. The smallest absolute Gasteiger partial charge is 0.0630 e. The molecule has 3 aromatic carbocycles. The second-order valence-corrected chi connectivity index (χ2v) is 8.56. The number of hydrogen-bond donors (Lipinski definition) is 1. The lowest BCUT2D eigenvalue weighted by Gasteiger charge is -2.38. The molecule has 4 aromatic rings. The molecule has 5 rings (SSSR count). The van der Waals surface area contributed by atoms with Crippen LogP contribution in [0.3, 0.4) is 0 Å². The Balaban J connectivity index is 1.73. The number of halogens is 1. The first-order chi connectivity index (χ1) is 14.7. The van der Waals surface area contributed by atoms with E-state index in [0.717, 1.165) is 31.2 Å². The number of hydrogen-bond acceptors (Lipinski definition) is 2. The number of aromatic amines is 1. The SMILES string of the molecule is CN1CCN(C(c2ccc(Cl)cc2)c2c(-c3ccccc3)[nH]c3ccccc23)CC1. The Labute approximate surface area is 182 Å². The third kappa shape index (κ3) is 3.65. The highest BCUT2D eigenvalue weighted by Gasteiger charge is 2.30. The Kier molecular flexibility index (Phi) is 5.34. The van der Waals surface area contributed by atoms with Crippen LogP contribution in [0.15, 0.2) is 78.9 Å². The summed E-state index contributed by atoms with van der Waals surface area (Å²) in [7, 11) is 2.20. The summed E-state index contributed by atoms with van der Waals surface area (Å²) in [5, 5.41) is 2.06. The number of nitrogens with zero attached hydrogens (tertiary/aromatic N) is 2. The van der Waals surface area contributed by atoms with Crippen LogP contribution in [-0.4, -0.2) is 48.0 Å². The molecule has 30 heavy (non-hydrogen) atoms. The third-order valence-corrected chi connectivity index (χ3v) is 6.42. The fraction of sp³-hybridized carbons (Fsp3) is 0.231. The maximum atomic E-state index is 6.24. The molecule has 3 nitrogen and oxygen atoms in total. The van der Waals surface area contributed by atoms with Gasteiger partial charge in [0, 0.05) is 47.7 Å². The Hall–Kier alpha value is -2.59. The highest BCUT2D eigenvalue weighted by Crippen LogP contribution is 2.41. The lowest BCUT2D eigenvalue weighted by molar-refractivity contribution is 0.128. The molecule has 0 radical (unpaired) electrons. The van der Waals surface area contributed by atoms with Crippen molar-refractivity contribution >= 4 is 22.5 Å². The van der Waals surface area contributed by atoms with E-state index in [2.05, 4.69) is 88.6 Å². The summed E-state index contributed by atoms with van der Waals surface area (Å²) >= 11 is 6.24. The van der Waals surface area contributed by atoms with E-state index >= 15 is 0 Å². The molecular formula is C26H26ClN3. The molecule has 1 aliphatic heterocycles. The molecule has 1 aromatic heterocycles. The van der Waals surface area contributed by atoms with E-state index < -0.39 is 0 Å². The highest BCUT2D eigenvalue weighted by molar-refractivity contribution is 6.30. The van der Waals surface area contributed by atoms with Gasteiger partial charge in [-0.05, 0) is 36.4 Å². The number of benzene rings is 3. The van der Waals surface area contributed by atoms with Gasteiger partial charge >= 0.3 is 0 Å². The van der Waals surface area contributed by atoms with Crippen molar-refractivity contribution in [2.24, 2.45) is 0 Å². The van der Waals surface area contributed by atoms with E-state index in [0.29, 0.717) is 0 Å². The van der Waals surface area contributed by atoms with Crippen LogP contribution in [0, 0.1) is 0 Å². The largest absolute Gasteiger partial charge is 0.354 e. The number of aromatic nitrogens is 1. The molecule has 152 valence electrons. The number of H-pyrrole nitrogens is 1. The maximum absolute atomic E-state index is 6.24. The molecule has 0 bridgehead atoms. The van der Waals surface area contributed by atoms with Crippen molar-refractivity contribution in [3.05, 3.63) is 95.0 Å². The zero-order valence-electron chi connectivity index (χ0n) is 17.2. The monoisotopic (exact) mass is 415 g/mol.